The standard InChI is InChI=1S/C30H28N8O3/c1-20-16-21(35-30-29-23(32-18-33-30)7-10-27(36-29)37-14-11-31-12-15-37)5-9-26(20)41-22-6-8-25-24(17-22)34-19-38(25)13-3-2-4-28(39)40/h5-10,16-19,31H,3,11-15H2,1H3,(H,39,40)(H,32,33,35). The second-order valence-electron chi connectivity index (χ2n) is 9.65. The topological polar surface area (TPSA) is 130 Å². The number of pyridine rings is 1. The quantitative estimate of drug-likeness (QED) is 0.256. The van der Waals surface area contributed by atoms with Gasteiger partial charge >= 0.3 is 5.97 Å². The molecule has 1 fully saturated rings. The van der Waals surface area contributed by atoms with E-state index in [0.717, 1.165) is 71.1 Å². The van der Waals surface area contributed by atoms with Crippen LogP contribution in [0.25, 0.3) is 22.1 Å². The molecule has 0 bridgehead atoms. The maximum atomic E-state index is 10.6. The van der Waals surface area contributed by atoms with Crippen molar-refractivity contribution < 1.29 is 14.6 Å². The largest absolute Gasteiger partial charge is 0.472 e. The van der Waals surface area contributed by atoms with E-state index in [1.165, 1.54) is 0 Å². The predicted octanol–water partition coefficient (Wildman–Crippen LogP) is 4.11. The summed E-state index contributed by atoms with van der Waals surface area (Å²) >= 11 is 0. The average Bonchev–Trinajstić information content (AvgIpc) is 3.39. The van der Waals surface area contributed by atoms with Gasteiger partial charge in [0.2, 0.25) is 0 Å². The summed E-state index contributed by atoms with van der Waals surface area (Å²) in [4.78, 5) is 31.1. The Labute approximate surface area is 236 Å². The van der Waals surface area contributed by atoms with Crippen molar-refractivity contribution in [3.8, 4) is 23.3 Å². The minimum Gasteiger partial charge on any atom is -0.472 e. The Morgan fingerprint density at radius 1 is 1.07 bits per heavy atom. The number of hydrogen-bond donors (Lipinski definition) is 3. The number of benzene rings is 2. The Balaban J connectivity index is 1.17. The van der Waals surface area contributed by atoms with E-state index in [4.69, 9.17) is 14.8 Å². The molecule has 5 aromatic rings. The number of fused-ring (bicyclic) bond motifs is 2. The van der Waals surface area contributed by atoms with Gasteiger partial charge in [0, 0.05) is 56.8 Å². The molecule has 3 N–H and O–H groups in total. The van der Waals surface area contributed by atoms with Crippen molar-refractivity contribution in [2.24, 2.45) is 0 Å². The highest BCUT2D eigenvalue weighted by molar-refractivity contribution is 5.88. The van der Waals surface area contributed by atoms with Gasteiger partial charge in [-0.2, -0.15) is 0 Å². The number of imidazole rings is 1. The molecule has 2 aromatic carbocycles. The lowest BCUT2D eigenvalue weighted by Gasteiger charge is -2.28. The number of carbonyl (C=O) groups is 1. The Morgan fingerprint density at radius 3 is 2.78 bits per heavy atom. The van der Waals surface area contributed by atoms with Gasteiger partial charge in [0.05, 0.1) is 22.9 Å². The van der Waals surface area contributed by atoms with E-state index < -0.39 is 5.97 Å². The molecule has 0 saturated carbocycles. The number of hydrogen-bond acceptors (Lipinski definition) is 9. The molecule has 1 aliphatic rings. The lowest BCUT2D eigenvalue weighted by Crippen LogP contribution is -2.43. The van der Waals surface area contributed by atoms with Crippen molar-refractivity contribution in [2.45, 2.75) is 19.9 Å². The van der Waals surface area contributed by atoms with Gasteiger partial charge < -0.3 is 29.9 Å². The average molecular weight is 549 g/mol. The Hall–Kier alpha value is -5.21. The van der Waals surface area contributed by atoms with E-state index in [1.807, 2.05) is 60.0 Å². The van der Waals surface area contributed by atoms with Crippen molar-refractivity contribution in [3.63, 3.8) is 0 Å². The number of carboxylic acids is 1. The number of ether oxygens (including phenoxy) is 1. The summed E-state index contributed by atoms with van der Waals surface area (Å²) in [5.74, 6) is 6.62. The highest BCUT2D eigenvalue weighted by atomic mass is 16.5. The Morgan fingerprint density at radius 2 is 1.95 bits per heavy atom. The molecule has 41 heavy (non-hydrogen) atoms. The first-order valence-electron chi connectivity index (χ1n) is 13.3. The lowest BCUT2D eigenvalue weighted by molar-refractivity contribution is -0.130. The molecule has 0 unspecified atom stereocenters. The molecule has 11 nitrogen and oxygen atoms in total. The normalized spacial score (nSPS) is 13.1. The van der Waals surface area contributed by atoms with Gasteiger partial charge in [-0.05, 0) is 55.0 Å². The van der Waals surface area contributed by atoms with Crippen LogP contribution in [0, 0.1) is 18.8 Å². The summed E-state index contributed by atoms with van der Waals surface area (Å²) in [5, 5.41) is 15.4. The number of anilines is 3. The molecule has 0 aliphatic carbocycles. The van der Waals surface area contributed by atoms with Crippen LogP contribution in [0.4, 0.5) is 17.3 Å². The van der Waals surface area contributed by atoms with Crippen molar-refractivity contribution in [1.82, 2.24) is 29.8 Å². The molecule has 1 saturated heterocycles. The van der Waals surface area contributed by atoms with Gasteiger partial charge in [-0.3, -0.25) is 0 Å². The molecule has 0 spiro atoms. The van der Waals surface area contributed by atoms with E-state index >= 15 is 0 Å². The SMILES string of the molecule is Cc1cc(Nc2ncnc3ccc(N4CCNCC4)nc23)ccc1Oc1ccc2c(c1)ncn2CCC#CC(=O)O. The molecule has 0 radical (unpaired) electrons. The summed E-state index contributed by atoms with van der Waals surface area (Å²) in [6.07, 6.45) is 3.69. The van der Waals surface area contributed by atoms with E-state index in [1.54, 1.807) is 12.7 Å². The minimum atomic E-state index is -1.12. The zero-order chi connectivity index (χ0) is 28.2. The number of aryl methyl sites for hydroxylation is 2. The van der Waals surface area contributed by atoms with Crippen LogP contribution in [0.1, 0.15) is 12.0 Å². The third-order valence-corrected chi connectivity index (χ3v) is 6.84. The Kier molecular flexibility index (Phi) is 7.30. The predicted molar refractivity (Wildman–Crippen MR) is 157 cm³/mol. The van der Waals surface area contributed by atoms with E-state index in [2.05, 4.69) is 42.3 Å². The molecule has 11 heteroatoms. The van der Waals surface area contributed by atoms with Crippen LogP contribution in [-0.4, -0.2) is 61.8 Å². The first-order chi connectivity index (χ1) is 20.0. The van der Waals surface area contributed by atoms with E-state index in [9.17, 15) is 4.79 Å². The fourth-order valence-electron chi connectivity index (χ4n) is 4.80. The summed E-state index contributed by atoms with van der Waals surface area (Å²) in [6.45, 7) is 6.24. The van der Waals surface area contributed by atoms with Crippen LogP contribution < -0.4 is 20.3 Å². The van der Waals surface area contributed by atoms with Crippen molar-refractivity contribution in [3.05, 3.63) is 66.7 Å². The number of aliphatic carboxylic acids is 1. The number of piperazine rings is 1. The van der Waals surface area contributed by atoms with Crippen molar-refractivity contribution in [1.29, 1.82) is 0 Å². The molecule has 6 rings (SSSR count). The number of aromatic nitrogens is 5. The van der Waals surface area contributed by atoms with Gasteiger partial charge in [0.15, 0.2) is 5.82 Å². The van der Waals surface area contributed by atoms with Crippen LogP contribution >= 0.6 is 0 Å². The van der Waals surface area contributed by atoms with Crippen LogP contribution in [0.15, 0.2) is 61.2 Å². The van der Waals surface area contributed by atoms with Crippen molar-refractivity contribution in [2.75, 3.05) is 36.4 Å². The molecular weight excluding hydrogens is 520 g/mol. The molecule has 3 aromatic heterocycles. The smallest absolute Gasteiger partial charge is 0.381 e. The molecular formula is C30H28N8O3. The van der Waals surface area contributed by atoms with E-state index in [0.29, 0.717) is 24.5 Å². The number of rotatable bonds is 7. The zero-order valence-corrected chi connectivity index (χ0v) is 22.5. The van der Waals surface area contributed by atoms with Gasteiger partial charge in [0.25, 0.3) is 0 Å². The first kappa shape index (κ1) is 26.0. The Bertz CT molecular complexity index is 1800. The number of nitrogens with one attached hydrogen (secondary N) is 2. The van der Waals surface area contributed by atoms with Gasteiger partial charge in [-0.1, -0.05) is 5.92 Å². The van der Waals surface area contributed by atoms with Crippen LogP contribution in [0.5, 0.6) is 11.5 Å². The molecule has 0 atom stereocenters. The van der Waals surface area contributed by atoms with Gasteiger partial charge in [0.1, 0.15) is 29.2 Å². The van der Waals surface area contributed by atoms with Crippen LogP contribution in [0.3, 0.4) is 0 Å². The second kappa shape index (κ2) is 11.5. The van der Waals surface area contributed by atoms with E-state index in [-0.39, 0.29) is 0 Å². The lowest BCUT2D eigenvalue weighted by atomic mass is 10.2. The third kappa shape index (κ3) is 5.88. The fourth-order valence-corrected chi connectivity index (χ4v) is 4.80. The van der Waals surface area contributed by atoms with Gasteiger partial charge in [-0.25, -0.2) is 24.7 Å². The fraction of sp³-hybridized carbons (Fsp3) is 0.233. The monoisotopic (exact) mass is 548 g/mol. The van der Waals surface area contributed by atoms with Crippen LogP contribution in [0.2, 0.25) is 0 Å². The molecule has 206 valence electrons. The zero-order valence-electron chi connectivity index (χ0n) is 22.5. The highest BCUT2D eigenvalue weighted by Crippen LogP contribution is 2.31. The highest BCUT2D eigenvalue weighted by Gasteiger charge is 2.15. The van der Waals surface area contributed by atoms with Gasteiger partial charge in [-0.15, -0.1) is 0 Å². The molecule has 4 heterocycles. The first-order valence-corrected chi connectivity index (χ1v) is 13.3. The summed E-state index contributed by atoms with van der Waals surface area (Å²) in [7, 11) is 0. The third-order valence-electron chi connectivity index (χ3n) is 6.84. The summed E-state index contributed by atoms with van der Waals surface area (Å²) in [6, 6.07) is 15.6. The molecule has 1 aliphatic heterocycles. The second-order valence-corrected chi connectivity index (χ2v) is 9.65. The minimum absolute atomic E-state index is 0.424. The van der Waals surface area contributed by atoms with Crippen molar-refractivity contribution >= 4 is 45.4 Å². The maximum Gasteiger partial charge on any atom is 0.381 e. The summed E-state index contributed by atoms with van der Waals surface area (Å²) < 4.78 is 8.14. The maximum absolute atomic E-state index is 10.6. The summed E-state index contributed by atoms with van der Waals surface area (Å²) in [5.41, 5.74) is 5.03. The number of nitrogens with zero attached hydrogens (tertiary/aromatic N) is 6. The van der Waals surface area contributed by atoms with Crippen LogP contribution in [-0.2, 0) is 11.3 Å². The molecule has 0 amide bonds. The number of carboxylic acid groups (broad SMARTS) is 1.